The SMILES string of the molecule is NC(=[NH2+])c1c[nH]c2nc(N)[nH]c(=O)c12. The summed E-state index contributed by atoms with van der Waals surface area (Å²) in [5.74, 6) is 0.111. The van der Waals surface area contributed by atoms with Crippen LogP contribution in [0.2, 0.25) is 0 Å². The van der Waals surface area contributed by atoms with Gasteiger partial charge in [0.05, 0.1) is 10.9 Å². The van der Waals surface area contributed by atoms with Crippen molar-refractivity contribution in [2.24, 2.45) is 5.73 Å². The number of H-pyrrole nitrogens is 2. The zero-order valence-corrected chi connectivity index (χ0v) is 7.16. The van der Waals surface area contributed by atoms with E-state index in [4.69, 9.17) is 16.9 Å². The summed E-state index contributed by atoms with van der Waals surface area (Å²) in [6.45, 7) is 0. The second-order valence-electron chi connectivity index (χ2n) is 2.83. The molecule has 0 aliphatic carbocycles. The van der Waals surface area contributed by atoms with Crippen LogP contribution < -0.4 is 22.4 Å². The second-order valence-corrected chi connectivity index (χ2v) is 2.83. The average Bonchev–Trinajstić information content (AvgIpc) is 2.47. The van der Waals surface area contributed by atoms with Crippen LogP contribution in [0.5, 0.6) is 0 Å². The molecule has 0 unspecified atom stereocenters. The maximum absolute atomic E-state index is 11.5. The lowest BCUT2D eigenvalue weighted by Crippen LogP contribution is -2.46. The molecule has 0 amide bonds. The number of aromatic nitrogens is 3. The smallest absolute Gasteiger partial charge is 0.273 e. The first kappa shape index (κ1) is 8.30. The third-order valence-corrected chi connectivity index (χ3v) is 1.87. The van der Waals surface area contributed by atoms with Gasteiger partial charge in [0, 0.05) is 6.20 Å². The number of nitrogen functional groups attached to an aromatic ring is 1. The first-order valence-electron chi connectivity index (χ1n) is 3.84. The Morgan fingerprint density at radius 2 is 2.29 bits per heavy atom. The fourth-order valence-electron chi connectivity index (χ4n) is 1.29. The van der Waals surface area contributed by atoms with E-state index in [1.165, 1.54) is 6.20 Å². The van der Waals surface area contributed by atoms with Gasteiger partial charge in [0.15, 0.2) is 0 Å². The summed E-state index contributed by atoms with van der Waals surface area (Å²) < 4.78 is 0. The maximum atomic E-state index is 11.5. The number of nitrogens with zero attached hydrogens (tertiary/aromatic N) is 1. The van der Waals surface area contributed by atoms with Crippen LogP contribution in [0.4, 0.5) is 5.95 Å². The molecule has 2 aromatic heterocycles. The molecule has 0 aromatic carbocycles. The lowest BCUT2D eigenvalue weighted by atomic mass is 10.2. The number of fused-ring (bicyclic) bond motifs is 1. The summed E-state index contributed by atoms with van der Waals surface area (Å²) >= 11 is 0. The molecule has 8 N–H and O–H groups in total. The number of amidine groups is 1. The number of anilines is 1. The molecule has 0 fully saturated rings. The van der Waals surface area contributed by atoms with Crippen molar-refractivity contribution in [2.75, 3.05) is 5.73 Å². The highest BCUT2D eigenvalue weighted by molar-refractivity contribution is 6.04. The molecule has 0 atom stereocenters. The van der Waals surface area contributed by atoms with Gasteiger partial charge >= 0.3 is 0 Å². The molecule has 7 heteroatoms. The van der Waals surface area contributed by atoms with Gasteiger partial charge in [-0.2, -0.15) is 4.98 Å². The van der Waals surface area contributed by atoms with Gasteiger partial charge in [0.25, 0.3) is 11.4 Å². The zero-order valence-electron chi connectivity index (χ0n) is 7.16. The van der Waals surface area contributed by atoms with Crippen molar-refractivity contribution in [1.82, 2.24) is 15.0 Å². The van der Waals surface area contributed by atoms with E-state index in [0.717, 1.165) is 0 Å². The van der Waals surface area contributed by atoms with Crippen LogP contribution in [0, 0.1) is 0 Å². The summed E-state index contributed by atoms with van der Waals surface area (Å²) in [6.07, 6.45) is 1.52. The minimum atomic E-state index is -0.364. The summed E-state index contributed by atoms with van der Waals surface area (Å²) in [5.41, 5.74) is 11.2. The van der Waals surface area contributed by atoms with Crippen LogP contribution >= 0.6 is 0 Å². The van der Waals surface area contributed by atoms with Gasteiger partial charge in [-0.05, 0) is 0 Å². The summed E-state index contributed by atoms with van der Waals surface area (Å²) in [7, 11) is 0. The van der Waals surface area contributed by atoms with Gasteiger partial charge in [-0.25, -0.2) is 0 Å². The quantitative estimate of drug-likeness (QED) is 0.248. The molecule has 2 rings (SSSR count). The number of nitrogens with one attached hydrogen (secondary N) is 2. The van der Waals surface area contributed by atoms with Crippen LogP contribution in [0.25, 0.3) is 11.0 Å². The van der Waals surface area contributed by atoms with E-state index in [9.17, 15) is 4.79 Å². The van der Waals surface area contributed by atoms with Gasteiger partial charge in [-0.15, -0.1) is 0 Å². The Bertz CT molecular complexity index is 565. The molecule has 0 saturated heterocycles. The largest absolute Gasteiger partial charge is 0.369 e. The molecule has 0 spiro atoms. The van der Waals surface area contributed by atoms with E-state index < -0.39 is 0 Å². The maximum Gasteiger partial charge on any atom is 0.273 e. The highest BCUT2D eigenvalue weighted by Crippen LogP contribution is 2.10. The van der Waals surface area contributed by atoms with E-state index >= 15 is 0 Å². The predicted octanol–water partition coefficient (Wildman–Crippen LogP) is -2.70. The highest BCUT2D eigenvalue weighted by atomic mass is 16.1. The fraction of sp³-hybridized carbons (Fsp3) is 0. The molecule has 0 aliphatic heterocycles. The average molecular weight is 193 g/mol. The van der Waals surface area contributed by atoms with Gasteiger partial charge in [0.1, 0.15) is 5.65 Å². The normalized spacial score (nSPS) is 10.6. The summed E-state index contributed by atoms with van der Waals surface area (Å²) in [6, 6.07) is 0. The molecule has 7 nitrogen and oxygen atoms in total. The molecule has 72 valence electrons. The van der Waals surface area contributed by atoms with Gasteiger partial charge < -0.3 is 10.7 Å². The number of hydrogen-bond acceptors (Lipinski definition) is 3. The molecular formula is C7H9N6O+. The van der Waals surface area contributed by atoms with Crippen molar-refractivity contribution in [1.29, 1.82) is 0 Å². The molecule has 14 heavy (non-hydrogen) atoms. The van der Waals surface area contributed by atoms with E-state index in [1.807, 2.05) is 0 Å². The highest BCUT2D eigenvalue weighted by Gasteiger charge is 2.14. The Morgan fingerprint density at radius 3 is 2.93 bits per heavy atom. The van der Waals surface area contributed by atoms with Crippen LogP contribution in [0.3, 0.4) is 0 Å². The van der Waals surface area contributed by atoms with E-state index in [2.05, 4.69) is 15.0 Å². The molecule has 0 bridgehead atoms. The Labute approximate surface area is 77.7 Å². The minimum Gasteiger partial charge on any atom is -0.369 e. The lowest BCUT2D eigenvalue weighted by molar-refractivity contribution is -0.114. The molecule has 0 saturated carbocycles. The number of aromatic amines is 2. The van der Waals surface area contributed by atoms with Crippen LogP contribution in [0.15, 0.2) is 11.0 Å². The first-order valence-corrected chi connectivity index (χ1v) is 3.84. The van der Waals surface area contributed by atoms with Crippen molar-refractivity contribution < 1.29 is 5.41 Å². The van der Waals surface area contributed by atoms with E-state index in [-0.39, 0.29) is 17.3 Å². The van der Waals surface area contributed by atoms with Crippen molar-refractivity contribution in [3.8, 4) is 0 Å². The predicted molar refractivity (Wildman–Crippen MR) is 51.3 cm³/mol. The number of nitrogens with two attached hydrogens (primary N) is 3. The Balaban J connectivity index is 2.93. The van der Waals surface area contributed by atoms with Gasteiger partial charge in [0.2, 0.25) is 5.95 Å². The van der Waals surface area contributed by atoms with Crippen LogP contribution in [-0.4, -0.2) is 20.8 Å². The third-order valence-electron chi connectivity index (χ3n) is 1.87. The Hall–Kier alpha value is -2.31. The second kappa shape index (κ2) is 2.59. The number of hydrogen-bond donors (Lipinski definition) is 5. The van der Waals surface area contributed by atoms with Crippen molar-refractivity contribution >= 4 is 22.8 Å². The Morgan fingerprint density at radius 1 is 1.57 bits per heavy atom. The molecule has 0 radical (unpaired) electrons. The number of rotatable bonds is 1. The first-order chi connectivity index (χ1) is 6.59. The van der Waals surface area contributed by atoms with Crippen molar-refractivity contribution in [3.63, 3.8) is 0 Å². The monoisotopic (exact) mass is 193 g/mol. The van der Waals surface area contributed by atoms with Gasteiger partial charge in [-0.3, -0.25) is 20.9 Å². The topological polar surface area (TPSA) is 139 Å². The Kier molecular flexibility index (Phi) is 1.53. The molecule has 2 heterocycles. The fourth-order valence-corrected chi connectivity index (χ4v) is 1.29. The van der Waals surface area contributed by atoms with Gasteiger partial charge in [-0.1, -0.05) is 0 Å². The van der Waals surface area contributed by atoms with E-state index in [1.54, 1.807) is 0 Å². The standard InChI is InChI=1S/C7H8N6O/c8-4(9)2-1-11-5-3(2)6(14)13-7(10)12-5/h1H,(H3,8,9)(H4,10,11,12,13,14)/p+1. The minimum absolute atomic E-state index is 0.0477. The zero-order chi connectivity index (χ0) is 10.3. The molecular weight excluding hydrogens is 184 g/mol. The third kappa shape index (κ3) is 1.03. The summed E-state index contributed by atoms with van der Waals surface area (Å²) in [4.78, 5) is 20.5. The van der Waals surface area contributed by atoms with Crippen molar-refractivity contribution in [3.05, 3.63) is 22.1 Å². The van der Waals surface area contributed by atoms with Crippen molar-refractivity contribution in [2.45, 2.75) is 0 Å². The molecule has 0 aliphatic rings. The summed E-state index contributed by atoms with van der Waals surface area (Å²) in [5, 5.41) is 5.71. The van der Waals surface area contributed by atoms with Crippen LogP contribution in [-0.2, 0) is 0 Å². The lowest BCUT2D eigenvalue weighted by Gasteiger charge is -1.92. The van der Waals surface area contributed by atoms with Crippen LogP contribution in [0.1, 0.15) is 5.56 Å². The molecule has 2 aromatic rings. The van der Waals surface area contributed by atoms with E-state index in [0.29, 0.717) is 16.6 Å².